The standard InChI is InChI=1S/C20H22N4O3S/c1-14-13-24(12-11-21-14)19-20(23-18-6-4-3-5-17(18)22-19)28(25,26)16-9-7-15(27-2)8-10-16/h3-10,14,21H,11-13H2,1-2H3. The molecule has 1 aliphatic rings. The van der Waals surface area contributed by atoms with E-state index in [1.54, 1.807) is 25.3 Å². The van der Waals surface area contributed by atoms with E-state index >= 15 is 0 Å². The van der Waals surface area contributed by atoms with Gasteiger partial charge in [0.1, 0.15) is 5.75 Å². The molecule has 1 N–H and O–H groups in total. The molecule has 7 nitrogen and oxygen atoms in total. The van der Waals surface area contributed by atoms with Crippen molar-refractivity contribution in [2.24, 2.45) is 0 Å². The van der Waals surface area contributed by atoms with E-state index in [4.69, 9.17) is 9.72 Å². The van der Waals surface area contributed by atoms with Crippen LogP contribution in [0.5, 0.6) is 5.75 Å². The van der Waals surface area contributed by atoms with Gasteiger partial charge in [0.25, 0.3) is 0 Å². The molecule has 1 fully saturated rings. The Labute approximate surface area is 164 Å². The number of para-hydroxylation sites is 2. The number of anilines is 1. The molecule has 2 aromatic carbocycles. The third kappa shape index (κ3) is 3.41. The predicted molar refractivity (Wildman–Crippen MR) is 108 cm³/mol. The van der Waals surface area contributed by atoms with E-state index in [9.17, 15) is 8.42 Å². The fourth-order valence-corrected chi connectivity index (χ4v) is 4.70. The fourth-order valence-electron chi connectivity index (χ4n) is 3.35. The number of aromatic nitrogens is 2. The highest BCUT2D eigenvalue weighted by atomic mass is 32.2. The quantitative estimate of drug-likeness (QED) is 0.722. The monoisotopic (exact) mass is 398 g/mol. The Balaban J connectivity index is 1.89. The van der Waals surface area contributed by atoms with Gasteiger partial charge in [0.2, 0.25) is 14.9 Å². The summed E-state index contributed by atoms with van der Waals surface area (Å²) in [5, 5.41) is 3.36. The Bertz CT molecular complexity index is 1100. The van der Waals surface area contributed by atoms with Crippen molar-refractivity contribution in [3.05, 3.63) is 48.5 Å². The Hall–Kier alpha value is -2.71. The van der Waals surface area contributed by atoms with Crippen LogP contribution in [0, 0.1) is 0 Å². The van der Waals surface area contributed by atoms with E-state index in [1.165, 1.54) is 12.1 Å². The highest BCUT2D eigenvalue weighted by molar-refractivity contribution is 7.91. The highest BCUT2D eigenvalue weighted by Gasteiger charge is 2.29. The van der Waals surface area contributed by atoms with Crippen LogP contribution in [0.25, 0.3) is 11.0 Å². The van der Waals surface area contributed by atoms with E-state index in [2.05, 4.69) is 17.2 Å². The van der Waals surface area contributed by atoms with Crippen molar-refractivity contribution >= 4 is 26.7 Å². The number of sulfone groups is 1. The van der Waals surface area contributed by atoms with E-state index in [1.807, 2.05) is 23.1 Å². The van der Waals surface area contributed by atoms with E-state index in [0.717, 1.165) is 6.54 Å². The van der Waals surface area contributed by atoms with Crippen molar-refractivity contribution in [2.45, 2.75) is 22.9 Å². The average molecular weight is 398 g/mol. The number of hydrogen-bond donors (Lipinski definition) is 1. The highest BCUT2D eigenvalue weighted by Crippen LogP contribution is 2.30. The zero-order valence-electron chi connectivity index (χ0n) is 15.8. The van der Waals surface area contributed by atoms with E-state index < -0.39 is 9.84 Å². The second-order valence-corrected chi connectivity index (χ2v) is 8.69. The minimum Gasteiger partial charge on any atom is -0.497 e. The Kier molecular flexibility index (Phi) is 4.91. The molecular weight excluding hydrogens is 376 g/mol. The van der Waals surface area contributed by atoms with Crippen molar-refractivity contribution in [1.82, 2.24) is 15.3 Å². The van der Waals surface area contributed by atoms with Crippen molar-refractivity contribution in [3.8, 4) is 5.75 Å². The number of nitrogens with one attached hydrogen (secondary N) is 1. The molecule has 1 aromatic heterocycles. The molecule has 1 saturated heterocycles. The van der Waals surface area contributed by atoms with Crippen molar-refractivity contribution < 1.29 is 13.2 Å². The minimum atomic E-state index is -3.84. The number of nitrogens with zero attached hydrogens (tertiary/aromatic N) is 3. The number of benzene rings is 2. The molecule has 8 heteroatoms. The lowest BCUT2D eigenvalue weighted by molar-refractivity contribution is 0.414. The molecule has 3 aromatic rings. The van der Waals surface area contributed by atoms with E-state index in [0.29, 0.717) is 35.7 Å². The first-order chi connectivity index (χ1) is 13.5. The van der Waals surface area contributed by atoms with Crippen LogP contribution in [-0.2, 0) is 9.84 Å². The molecule has 0 saturated carbocycles. The van der Waals surface area contributed by atoms with Crippen LogP contribution in [0.4, 0.5) is 5.82 Å². The zero-order chi connectivity index (χ0) is 19.7. The van der Waals surface area contributed by atoms with Gasteiger partial charge in [0.05, 0.1) is 23.0 Å². The van der Waals surface area contributed by atoms with Crippen LogP contribution >= 0.6 is 0 Å². The number of methoxy groups -OCH3 is 1. The van der Waals surface area contributed by atoms with Gasteiger partial charge in [0, 0.05) is 25.7 Å². The summed E-state index contributed by atoms with van der Waals surface area (Å²) in [5.41, 5.74) is 1.24. The molecule has 1 aliphatic heterocycles. The lowest BCUT2D eigenvalue weighted by atomic mass is 10.2. The zero-order valence-corrected chi connectivity index (χ0v) is 16.6. The number of rotatable bonds is 4. The molecule has 2 heterocycles. The van der Waals surface area contributed by atoms with Crippen LogP contribution < -0.4 is 15.0 Å². The molecule has 0 spiro atoms. The topological polar surface area (TPSA) is 84.4 Å². The summed E-state index contributed by atoms with van der Waals surface area (Å²) in [4.78, 5) is 11.4. The minimum absolute atomic E-state index is 0.00883. The number of ether oxygens (including phenoxy) is 1. The Morgan fingerprint density at radius 2 is 1.75 bits per heavy atom. The third-order valence-corrected chi connectivity index (χ3v) is 6.49. The molecule has 0 aliphatic carbocycles. The number of hydrogen-bond acceptors (Lipinski definition) is 7. The number of piperazine rings is 1. The molecule has 0 amide bonds. The fraction of sp³-hybridized carbons (Fsp3) is 0.300. The average Bonchev–Trinajstić information content (AvgIpc) is 2.73. The molecule has 1 atom stereocenters. The smallest absolute Gasteiger partial charge is 0.227 e. The summed E-state index contributed by atoms with van der Waals surface area (Å²) in [6.07, 6.45) is 0. The first-order valence-corrected chi connectivity index (χ1v) is 10.6. The van der Waals surface area contributed by atoms with Gasteiger partial charge in [-0.15, -0.1) is 0 Å². The molecule has 1 unspecified atom stereocenters. The van der Waals surface area contributed by atoms with Crippen molar-refractivity contribution in [2.75, 3.05) is 31.6 Å². The number of fused-ring (bicyclic) bond motifs is 1. The van der Waals surface area contributed by atoms with Crippen molar-refractivity contribution in [3.63, 3.8) is 0 Å². The van der Waals surface area contributed by atoms with Gasteiger partial charge in [-0.2, -0.15) is 0 Å². The molecule has 0 bridgehead atoms. The van der Waals surface area contributed by atoms with Crippen LogP contribution in [0.3, 0.4) is 0 Å². The van der Waals surface area contributed by atoms with Gasteiger partial charge in [-0.05, 0) is 43.3 Å². The summed E-state index contributed by atoms with van der Waals surface area (Å²) < 4.78 is 32.0. The van der Waals surface area contributed by atoms with Gasteiger partial charge in [-0.25, -0.2) is 18.4 Å². The maximum absolute atomic E-state index is 13.4. The largest absolute Gasteiger partial charge is 0.497 e. The van der Waals surface area contributed by atoms with Crippen LogP contribution in [0.1, 0.15) is 6.92 Å². The second-order valence-electron chi connectivity index (χ2n) is 6.82. The molecular formula is C20H22N4O3S. The second kappa shape index (κ2) is 7.37. The maximum atomic E-state index is 13.4. The third-order valence-electron chi connectivity index (χ3n) is 4.81. The van der Waals surface area contributed by atoms with Crippen LogP contribution in [0.15, 0.2) is 58.5 Å². The summed E-state index contributed by atoms with van der Waals surface area (Å²) >= 11 is 0. The normalized spacial score (nSPS) is 17.6. The van der Waals surface area contributed by atoms with Gasteiger partial charge in [-0.3, -0.25) is 0 Å². The van der Waals surface area contributed by atoms with Gasteiger partial charge in [0.15, 0.2) is 5.82 Å². The molecule has 146 valence electrons. The first kappa shape index (κ1) is 18.6. The molecule has 0 radical (unpaired) electrons. The SMILES string of the molecule is COc1ccc(S(=O)(=O)c2nc3ccccc3nc2N2CCNC(C)C2)cc1. The van der Waals surface area contributed by atoms with Gasteiger partial charge >= 0.3 is 0 Å². The summed E-state index contributed by atoms with van der Waals surface area (Å²) in [5.74, 6) is 1.00. The molecule has 28 heavy (non-hydrogen) atoms. The Morgan fingerprint density at radius 1 is 1.07 bits per heavy atom. The van der Waals surface area contributed by atoms with E-state index in [-0.39, 0.29) is 16.0 Å². The maximum Gasteiger partial charge on any atom is 0.227 e. The Morgan fingerprint density at radius 3 is 2.39 bits per heavy atom. The summed E-state index contributed by atoms with van der Waals surface area (Å²) in [6, 6.07) is 13.9. The first-order valence-electron chi connectivity index (χ1n) is 9.13. The molecule has 4 rings (SSSR count). The van der Waals surface area contributed by atoms with Gasteiger partial charge < -0.3 is 15.0 Å². The predicted octanol–water partition coefficient (Wildman–Crippen LogP) is 2.27. The lowest BCUT2D eigenvalue weighted by Crippen LogP contribution is -2.50. The summed E-state index contributed by atoms with van der Waals surface area (Å²) in [7, 11) is -2.30. The van der Waals surface area contributed by atoms with Crippen LogP contribution in [0.2, 0.25) is 0 Å². The van der Waals surface area contributed by atoms with Crippen LogP contribution in [-0.4, -0.2) is 51.2 Å². The van der Waals surface area contributed by atoms with Crippen molar-refractivity contribution in [1.29, 1.82) is 0 Å². The lowest BCUT2D eigenvalue weighted by Gasteiger charge is -2.33. The summed E-state index contributed by atoms with van der Waals surface area (Å²) in [6.45, 7) is 4.16. The van der Waals surface area contributed by atoms with Gasteiger partial charge in [-0.1, -0.05) is 12.1 Å².